The van der Waals surface area contributed by atoms with Gasteiger partial charge >= 0.3 is 0 Å². The fourth-order valence-electron chi connectivity index (χ4n) is 2.29. The Morgan fingerprint density at radius 1 is 1.50 bits per heavy atom. The predicted octanol–water partition coefficient (Wildman–Crippen LogP) is 1.21. The first-order valence-corrected chi connectivity index (χ1v) is 6.93. The zero-order chi connectivity index (χ0) is 14.1. The normalized spacial score (nSPS) is 14.7. The van der Waals surface area contributed by atoms with Crippen molar-refractivity contribution in [1.29, 1.82) is 0 Å². The number of rotatable bonds is 5. The van der Waals surface area contributed by atoms with Crippen molar-refractivity contribution < 1.29 is 4.79 Å². The van der Waals surface area contributed by atoms with Gasteiger partial charge in [0.05, 0.1) is 24.1 Å². The first-order chi connectivity index (χ1) is 9.63. The Hall–Kier alpha value is -1.95. The molecule has 0 unspecified atom stereocenters. The van der Waals surface area contributed by atoms with Crippen molar-refractivity contribution in [2.24, 2.45) is 13.0 Å². The number of nitrogens with zero attached hydrogens (tertiary/aromatic N) is 3. The molecule has 2 aromatic rings. The summed E-state index contributed by atoms with van der Waals surface area (Å²) in [5, 5.41) is 11.3. The number of amides is 1. The molecule has 0 aliphatic heterocycles. The molecule has 1 fully saturated rings. The molecule has 0 atom stereocenters. The molecule has 2 aromatic heterocycles. The summed E-state index contributed by atoms with van der Waals surface area (Å²) in [6.45, 7) is 3.22. The molecule has 0 aromatic carbocycles. The molecule has 2 N–H and O–H groups in total. The number of anilines is 1. The lowest BCUT2D eigenvalue weighted by atomic mass is 10.2. The number of carbonyl (C=O) groups excluding carboxylic acids is 1. The second kappa shape index (κ2) is 5.20. The minimum absolute atomic E-state index is 0.0339. The number of hydrogen-bond acceptors (Lipinski definition) is 4. The molecule has 3 rings (SSSR count). The van der Waals surface area contributed by atoms with E-state index in [4.69, 9.17) is 0 Å². The van der Waals surface area contributed by atoms with E-state index in [9.17, 15) is 4.79 Å². The standard InChI is InChI=1S/C14H19N5O/c1-9-12-5-11(7-16-14(12)19(2)18-9)17-13(20)8-15-6-10-3-4-10/h5,7,10,15H,3-4,6,8H2,1-2H3,(H,17,20). The number of aromatic nitrogens is 3. The number of hydrogen-bond donors (Lipinski definition) is 2. The van der Waals surface area contributed by atoms with Crippen molar-refractivity contribution in [2.75, 3.05) is 18.4 Å². The van der Waals surface area contributed by atoms with E-state index in [0.717, 1.165) is 29.2 Å². The van der Waals surface area contributed by atoms with Gasteiger partial charge in [-0.15, -0.1) is 0 Å². The Labute approximate surface area is 117 Å². The Bertz CT molecular complexity index is 644. The Balaban J connectivity index is 1.64. The van der Waals surface area contributed by atoms with Crippen LogP contribution in [-0.2, 0) is 11.8 Å². The van der Waals surface area contributed by atoms with Crippen molar-refractivity contribution in [3.63, 3.8) is 0 Å². The maximum Gasteiger partial charge on any atom is 0.238 e. The second-order valence-electron chi connectivity index (χ2n) is 5.43. The van der Waals surface area contributed by atoms with E-state index in [2.05, 4.69) is 20.7 Å². The summed E-state index contributed by atoms with van der Waals surface area (Å²) >= 11 is 0. The van der Waals surface area contributed by atoms with Crippen LogP contribution in [0.2, 0.25) is 0 Å². The second-order valence-corrected chi connectivity index (χ2v) is 5.43. The first kappa shape index (κ1) is 13.1. The van der Waals surface area contributed by atoms with Crippen molar-refractivity contribution >= 4 is 22.6 Å². The highest BCUT2D eigenvalue weighted by Crippen LogP contribution is 2.27. The van der Waals surface area contributed by atoms with E-state index in [-0.39, 0.29) is 5.91 Å². The van der Waals surface area contributed by atoms with E-state index in [1.54, 1.807) is 10.9 Å². The summed E-state index contributed by atoms with van der Waals surface area (Å²) in [7, 11) is 1.86. The molecule has 0 bridgehead atoms. The van der Waals surface area contributed by atoms with Gasteiger partial charge in [0, 0.05) is 12.4 Å². The lowest BCUT2D eigenvalue weighted by Gasteiger charge is -2.06. The zero-order valence-electron chi connectivity index (χ0n) is 11.8. The molecule has 106 valence electrons. The fourth-order valence-corrected chi connectivity index (χ4v) is 2.29. The molecule has 1 saturated carbocycles. The third kappa shape index (κ3) is 2.80. The molecule has 1 aliphatic rings. The van der Waals surface area contributed by atoms with Crippen LogP contribution in [0, 0.1) is 12.8 Å². The Morgan fingerprint density at radius 2 is 2.30 bits per heavy atom. The van der Waals surface area contributed by atoms with Crippen LogP contribution in [0.4, 0.5) is 5.69 Å². The van der Waals surface area contributed by atoms with Crippen LogP contribution >= 0.6 is 0 Å². The van der Waals surface area contributed by atoms with Crippen LogP contribution < -0.4 is 10.6 Å². The number of nitrogens with one attached hydrogen (secondary N) is 2. The average molecular weight is 273 g/mol. The smallest absolute Gasteiger partial charge is 0.238 e. The van der Waals surface area contributed by atoms with Crippen LogP contribution in [0.25, 0.3) is 11.0 Å². The summed E-state index contributed by atoms with van der Waals surface area (Å²) < 4.78 is 1.74. The third-order valence-corrected chi connectivity index (χ3v) is 3.56. The van der Waals surface area contributed by atoms with Gasteiger partial charge in [0.2, 0.25) is 5.91 Å². The maximum atomic E-state index is 11.8. The van der Waals surface area contributed by atoms with Gasteiger partial charge < -0.3 is 10.6 Å². The molecule has 1 aliphatic carbocycles. The van der Waals surface area contributed by atoms with Gasteiger partial charge in [0.1, 0.15) is 0 Å². The summed E-state index contributed by atoms with van der Waals surface area (Å²) in [4.78, 5) is 16.2. The molecule has 2 heterocycles. The lowest BCUT2D eigenvalue weighted by molar-refractivity contribution is -0.115. The van der Waals surface area contributed by atoms with Gasteiger partial charge in [-0.3, -0.25) is 9.48 Å². The van der Waals surface area contributed by atoms with Crippen LogP contribution in [-0.4, -0.2) is 33.8 Å². The van der Waals surface area contributed by atoms with Gasteiger partial charge in [-0.2, -0.15) is 5.10 Å². The molecule has 1 amide bonds. The monoisotopic (exact) mass is 273 g/mol. The number of aryl methyl sites for hydroxylation is 2. The predicted molar refractivity (Wildman–Crippen MR) is 77.5 cm³/mol. The molecule has 0 radical (unpaired) electrons. The Morgan fingerprint density at radius 3 is 3.05 bits per heavy atom. The highest BCUT2D eigenvalue weighted by molar-refractivity contribution is 5.94. The highest BCUT2D eigenvalue weighted by Gasteiger charge is 2.20. The van der Waals surface area contributed by atoms with E-state index in [1.165, 1.54) is 12.8 Å². The lowest BCUT2D eigenvalue weighted by Crippen LogP contribution is -2.29. The number of carbonyl (C=O) groups is 1. The number of pyridine rings is 1. The van der Waals surface area contributed by atoms with Crippen molar-refractivity contribution in [3.05, 3.63) is 18.0 Å². The molecule has 6 nitrogen and oxygen atoms in total. The van der Waals surface area contributed by atoms with Crippen LogP contribution in [0.5, 0.6) is 0 Å². The van der Waals surface area contributed by atoms with Gasteiger partial charge in [0.25, 0.3) is 0 Å². The highest BCUT2D eigenvalue weighted by atomic mass is 16.1. The fraction of sp³-hybridized carbons (Fsp3) is 0.500. The minimum Gasteiger partial charge on any atom is -0.324 e. The summed E-state index contributed by atoms with van der Waals surface area (Å²) in [5.74, 6) is 0.743. The van der Waals surface area contributed by atoms with E-state index >= 15 is 0 Å². The van der Waals surface area contributed by atoms with E-state index in [0.29, 0.717) is 12.2 Å². The average Bonchev–Trinajstić information content (AvgIpc) is 3.18. The molecular formula is C14H19N5O. The van der Waals surface area contributed by atoms with E-state index in [1.807, 2.05) is 20.0 Å². The number of fused-ring (bicyclic) bond motifs is 1. The largest absolute Gasteiger partial charge is 0.324 e. The topological polar surface area (TPSA) is 71.8 Å². The first-order valence-electron chi connectivity index (χ1n) is 6.93. The van der Waals surface area contributed by atoms with Crippen LogP contribution in [0.1, 0.15) is 18.5 Å². The summed E-state index contributed by atoms with van der Waals surface area (Å²) in [6.07, 6.45) is 4.24. The Kier molecular flexibility index (Phi) is 3.40. The van der Waals surface area contributed by atoms with E-state index < -0.39 is 0 Å². The van der Waals surface area contributed by atoms with Gasteiger partial charge in [-0.25, -0.2) is 4.98 Å². The quantitative estimate of drug-likeness (QED) is 0.859. The third-order valence-electron chi connectivity index (χ3n) is 3.56. The van der Waals surface area contributed by atoms with Crippen LogP contribution in [0.3, 0.4) is 0 Å². The van der Waals surface area contributed by atoms with Gasteiger partial charge in [0.15, 0.2) is 5.65 Å². The van der Waals surface area contributed by atoms with Crippen molar-refractivity contribution in [1.82, 2.24) is 20.1 Å². The van der Waals surface area contributed by atoms with Crippen molar-refractivity contribution in [2.45, 2.75) is 19.8 Å². The van der Waals surface area contributed by atoms with Crippen LogP contribution in [0.15, 0.2) is 12.3 Å². The van der Waals surface area contributed by atoms with Crippen molar-refractivity contribution in [3.8, 4) is 0 Å². The SMILES string of the molecule is Cc1nn(C)c2ncc(NC(=O)CNCC3CC3)cc12. The zero-order valence-corrected chi connectivity index (χ0v) is 11.8. The molecule has 20 heavy (non-hydrogen) atoms. The molecule has 0 spiro atoms. The molecular weight excluding hydrogens is 254 g/mol. The van der Waals surface area contributed by atoms with Gasteiger partial charge in [-0.05, 0) is 38.3 Å². The molecule has 0 saturated heterocycles. The molecule has 6 heteroatoms. The maximum absolute atomic E-state index is 11.8. The summed E-state index contributed by atoms with van der Waals surface area (Å²) in [6, 6.07) is 1.92. The van der Waals surface area contributed by atoms with Gasteiger partial charge in [-0.1, -0.05) is 0 Å². The minimum atomic E-state index is -0.0339. The summed E-state index contributed by atoms with van der Waals surface area (Å²) in [5.41, 5.74) is 2.46.